The van der Waals surface area contributed by atoms with Crippen molar-refractivity contribution >= 4 is 17.1 Å². The van der Waals surface area contributed by atoms with Crippen LogP contribution < -0.4 is 15.5 Å². The molecule has 1 heterocycles. The van der Waals surface area contributed by atoms with Gasteiger partial charge in [0.15, 0.2) is 0 Å². The number of hydrogen-bond donors (Lipinski definition) is 1. The van der Waals surface area contributed by atoms with Gasteiger partial charge >= 0.3 is 0 Å². The first-order chi connectivity index (χ1) is 9.13. The molecule has 0 atom stereocenters. The fourth-order valence-corrected chi connectivity index (χ4v) is 2.56. The van der Waals surface area contributed by atoms with Crippen molar-refractivity contribution in [3.63, 3.8) is 0 Å². The zero-order valence-corrected chi connectivity index (χ0v) is 11.4. The summed E-state index contributed by atoms with van der Waals surface area (Å²) in [5.74, 6) is 0. The molecule has 2 N–H and O–H groups in total. The van der Waals surface area contributed by atoms with Crippen molar-refractivity contribution in [1.82, 2.24) is 0 Å². The van der Waals surface area contributed by atoms with Crippen LogP contribution in [0, 0.1) is 0 Å². The lowest BCUT2D eigenvalue weighted by atomic mass is 10.1. The average molecular weight is 253 g/mol. The Labute approximate surface area is 114 Å². The minimum absolute atomic E-state index is 0.851. The standard InChI is InChI=1S/C16H19N3/c1-18(2)15-5-7-16(8-6-15)19-10-12-3-4-14(17)9-13(12)11-19/h3-9H,10-11,17H2,1-2H3. The maximum absolute atomic E-state index is 5.84. The maximum atomic E-state index is 5.84. The van der Waals surface area contributed by atoms with E-state index in [1.807, 2.05) is 6.07 Å². The lowest BCUT2D eigenvalue weighted by Crippen LogP contribution is -2.15. The molecule has 0 spiro atoms. The highest BCUT2D eigenvalue weighted by molar-refractivity contribution is 5.59. The van der Waals surface area contributed by atoms with E-state index in [9.17, 15) is 0 Å². The van der Waals surface area contributed by atoms with Crippen molar-refractivity contribution < 1.29 is 0 Å². The summed E-state index contributed by atoms with van der Waals surface area (Å²) in [5, 5.41) is 0. The van der Waals surface area contributed by atoms with Crippen LogP contribution in [0.4, 0.5) is 17.1 Å². The molecular formula is C16H19N3. The summed E-state index contributed by atoms with van der Waals surface area (Å²) in [7, 11) is 4.12. The monoisotopic (exact) mass is 253 g/mol. The van der Waals surface area contributed by atoms with Gasteiger partial charge in [0.05, 0.1) is 0 Å². The van der Waals surface area contributed by atoms with Gasteiger partial charge in [0.25, 0.3) is 0 Å². The number of fused-ring (bicyclic) bond motifs is 1. The Morgan fingerprint density at radius 3 is 2.32 bits per heavy atom. The van der Waals surface area contributed by atoms with Crippen molar-refractivity contribution in [3.8, 4) is 0 Å². The molecule has 0 saturated carbocycles. The van der Waals surface area contributed by atoms with Crippen LogP contribution in [0.15, 0.2) is 42.5 Å². The van der Waals surface area contributed by atoms with Gasteiger partial charge in [-0.3, -0.25) is 0 Å². The Morgan fingerprint density at radius 2 is 1.63 bits per heavy atom. The van der Waals surface area contributed by atoms with Crippen LogP contribution in [0.3, 0.4) is 0 Å². The number of nitrogens with two attached hydrogens (primary N) is 1. The first-order valence-electron chi connectivity index (χ1n) is 6.53. The van der Waals surface area contributed by atoms with Gasteiger partial charge in [-0.05, 0) is 47.5 Å². The second-order valence-electron chi connectivity index (χ2n) is 5.30. The quantitative estimate of drug-likeness (QED) is 0.835. The van der Waals surface area contributed by atoms with Crippen LogP contribution in [-0.4, -0.2) is 14.1 Å². The third-order valence-corrected chi connectivity index (χ3v) is 3.68. The van der Waals surface area contributed by atoms with Gasteiger partial charge in [-0.1, -0.05) is 6.07 Å². The molecule has 98 valence electrons. The van der Waals surface area contributed by atoms with Gasteiger partial charge in [-0.2, -0.15) is 0 Å². The highest BCUT2D eigenvalue weighted by Gasteiger charge is 2.19. The molecule has 3 nitrogen and oxygen atoms in total. The van der Waals surface area contributed by atoms with E-state index in [1.165, 1.54) is 22.5 Å². The maximum Gasteiger partial charge on any atom is 0.0437 e. The zero-order chi connectivity index (χ0) is 13.4. The van der Waals surface area contributed by atoms with Crippen LogP contribution >= 0.6 is 0 Å². The topological polar surface area (TPSA) is 32.5 Å². The molecule has 0 radical (unpaired) electrons. The normalized spacial score (nSPS) is 13.5. The largest absolute Gasteiger partial charge is 0.399 e. The number of hydrogen-bond acceptors (Lipinski definition) is 3. The van der Waals surface area contributed by atoms with Crippen LogP contribution in [0.1, 0.15) is 11.1 Å². The SMILES string of the molecule is CN(C)c1ccc(N2Cc3ccc(N)cc3C2)cc1. The van der Waals surface area contributed by atoms with E-state index in [0.29, 0.717) is 0 Å². The Balaban J connectivity index is 1.82. The fraction of sp³-hybridized carbons (Fsp3) is 0.250. The molecule has 3 rings (SSSR count). The molecule has 0 unspecified atom stereocenters. The van der Waals surface area contributed by atoms with E-state index in [2.05, 4.69) is 60.3 Å². The van der Waals surface area contributed by atoms with E-state index in [0.717, 1.165) is 18.8 Å². The van der Waals surface area contributed by atoms with Crippen molar-refractivity contribution in [3.05, 3.63) is 53.6 Å². The molecule has 2 aromatic carbocycles. The van der Waals surface area contributed by atoms with Gasteiger partial charge in [0.1, 0.15) is 0 Å². The first kappa shape index (κ1) is 11.9. The summed E-state index contributed by atoms with van der Waals surface area (Å²) < 4.78 is 0. The average Bonchev–Trinajstić information content (AvgIpc) is 2.81. The highest BCUT2D eigenvalue weighted by atomic mass is 15.1. The van der Waals surface area contributed by atoms with Crippen molar-refractivity contribution in [2.45, 2.75) is 13.1 Å². The van der Waals surface area contributed by atoms with Gasteiger partial charge in [0.2, 0.25) is 0 Å². The van der Waals surface area contributed by atoms with Gasteiger partial charge in [0, 0.05) is 44.2 Å². The fourth-order valence-electron chi connectivity index (χ4n) is 2.56. The van der Waals surface area contributed by atoms with E-state index in [-0.39, 0.29) is 0 Å². The van der Waals surface area contributed by atoms with Crippen molar-refractivity contribution in [2.75, 3.05) is 29.6 Å². The molecular weight excluding hydrogens is 234 g/mol. The second-order valence-corrected chi connectivity index (χ2v) is 5.30. The number of nitrogen functional groups attached to an aromatic ring is 1. The van der Waals surface area contributed by atoms with E-state index in [4.69, 9.17) is 5.73 Å². The third-order valence-electron chi connectivity index (χ3n) is 3.68. The smallest absolute Gasteiger partial charge is 0.0437 e. The van der Waals surface area contributed by atoms with Gasteiger partial charge in [-0.25, -0.2) is 0 Å². The van der Waals surface area contributed by atoms with Crippen LogP contribution in [0.5, 0.6) is 0 Å². The third kappa shape index (κ3) is 2.24. The number of nitrogens with zero attached hydrogens (tertiary/aromatic N) is 2. The minimum Gasteiger partial charge on any atom is -0.399 e. The predicted molar refractivity (Wildman–Crippen MR) is 81.5 cm³/mol. The molecule has 2 aromatic rings. The van der Waals surface area contributed by atoms with E-state index < -0.39 is 0 Å². The van der Waals surface area contributed by atoms with E-state index in [1.54, 1.807) is 0 Å². The summed E-state index contributed by atoms with van der Waals surface area (Å²) >= 11 is 0. The first-order valence-corrected chi connectivity index (χ1v) is 6.53. The molecule has 3 heteroatoms. The van der Waals surface area contributed by atoms with Gasteiger partial charge < -0.3 is 15.5 Å². The lowest BCUT2D eigenvalue weighted by Gasteiger charge is -2.19. The van der Waals surface area contributed by atoms with Crippen LogP contribution in [0.2, 0.25) is 0 Å². The molecule has 0 bridgehead atoms. The number of rotatable bonds is 2. The molecule has 0 fully saturated rings. The number of benzene rings is 2. The number of anilines is 3. The summed E-state index contributed by atoms with van der Waals surface area (Å²) in [6.45, 7) is 1.92. The molecule has 1 aliphatic heterocycles. The molecule has 1 aliphatic rings. The summed E-state index contributed by atoms with van der Waals surface area (Å²) in [5.41, 5.74) is 11.9. The molecule has 0 aromatic heterocycles. The highest BCUT2D eigenvalue weighted by Crippen LogP contribution is 2.30. The van der Waals surface area contributed by atoms with Crippen molar-refractivity contribution in [2.24, 2.45) is 0 Å². The Kier molecular flexibility index (Phi) is 2.82. The molecule has 0 saturated heterocycles. The van der Waals surface area contributed by atoms with Crippen LogP contribution in [0.25, 0.3) is 0 Å². The molecule has 19 heavy (non-hydrogen) atoms. The molecule has 0 amide bonds. The predicted octanol–water partition coefficient (Wildman–Crippen LogP) is 2.86. The Hall–Kier alpha value is -2.16. The Morgan fingerprint density at radius 1 is 0.947 bits per heavy atom. The van der Waals surface area contributed by atoms with Crippen LogP contribution in [-0.2, 0) is 13.1 Å². The minimum atomic E-state index is 0.851. The summed E-state index contributed by atoms with van der Waals surface area (Å²) in [4.78, 5) is 4.49. The summed E-state index contributed by atoms with van der Waals surface area (Å²) in [6, 6.07) is 14.9. The van der Waals surface area contributed by atoms with Gasteiger partial charge in [-0.15, -0.1) is 0 Å². The second kappa shape index (κ2) is 4.50. The zero-order valence-electron chi connectivity index (χ0n) is 11.4. The lowest BCUT2D eigenvalue weighted by molar-refractivity contribution is 0.880. The Bertz CT molecular complexity index is 587. The van der Waals surface area contributed by atoms with E-state index >= 15 is 0 Å². The van der Waals surface area contributed by atoms with Crippen molar-refractivity contribution in [1.29, 1.82) is 0 Å². The summed E-state index contributed by atoms with van der Waals surface area (Å²) in [6.07, 6.45) is 0. The molecule has 0 aliphatic carbocycles.